The second kappa shape index (κ2) is 9.76. The van der Waals surface area contributed by atoms with Gasteiger partial charge in [-0.2, -0.15) is 11.8 Å². The Bertz CT molecular complexity index is 852. The fourth-order valence-electron chi connectivity index (χ4n) is 2.35. The summed E-state index contributed by atoms with van der Waals surface area (Å²) in [5, 5.41) is 6.72. The Morgan fingerprint density at radius 3 is 2.69 bits per heavy atom. The number of aromatic nitrogens is 1. The first-order valence-electron chi connectivity index (χ1n) is 8.30. The molecule has 0 unspecified atom stereocenters. The molecule has 0 aliphatic rings. The molecule has 134 valence electrons. The van der Waals surface area contributed by atoms with Crippen molar-refractivity contribution in [3.63, 3.8) is 0 Å². The zero-order valence-corrected chi connectivity index (χ0v) is 16.5. The number of carbonyl (C=O) groups excluding carboxylic acids is 1. The lowest BCUT2D eigenvalue weighted by molar-refractivity contribution is -0.120. The fourth-order valence-corrected chi connectivity index (χ4v) is 4.32. The van der Waals surface area contributed by atoms with Crippen LogP contribution in [-0.2, 0) is 17.1 Å². The molecule has 0 bridgehead atoms. The molecule has 26 heavy (non-hydrogen) atoms. The van der Waals surface area contributed by atoms with Crippen LogP contribution in [0.5, 0.6) is 0 Å². The first-order valence-corrected chi connectivity index (χ1v) is 10.7. The van der Waals surface area contributed by atoms with Crippen LogP contribution in [0.4, 0.5) is 0 Å². The number of thioether (sulfide) groups is 1. The number of thiazole rings is 1. The molecule has 0 spiro atoms. The lowest BCUT2D eigenvalue weighted by Crippen LogP contribution is -2.23. The van der Waals surface area contributed by atoms with Crippen molar-refractivity contribution in [1.82, 2.24) is 10.3 Å². The Morgan fingerprint density at radius 2 is 1.88 bits per heavy atom. The van der Waals surface area contributed by atoms with Gasteiger partial charge in [0, 0.05) is 40.4 Å². The zero-order valence-electron chi connectivity index (χ0n) is 14.2. The van der Waals surface area contributed by atoms with Crippen molar-refractivity contribution >= 4 is 40.6 Å². The molecular weight excluding hydrogens is 384 g/mol. The second-order valence-electron chi connectivity index (χ2n) is 5.68. The van der Waals surface area contributed by atoms with Crippen LogP contribution < -0.4 is 5.32 Å². The summed E-state index contributed by atoms with van der Waals surface area (Å²) < 4.78 is 0. The van der Waals surface area contributed by atoms with Crippen LogP contribution >= 0.6 is 34.7 Å². The molecule has 1 heterocycles. The molecule has 3 aromatic rings. The van der Waals surface area contributed by atoms with Crippen molar-refractivity contribution in [2.75, 3.05) is 5.75 Å². The van der Waals surface area contributed by atoms with Gasteiger partial charge in [-0.05, 0) is 11.6 Å². The molecule has 0 saturated carbocycles. The SMILES string of the molecule is O=C(CCSCc1csc(-c2ccccc2)n1)NCc1ccccc1Cl. The van der Waals surface area contributed by atoms with Crippen molar-refractivity contribution < 1.29 is 4.79 Å². The molecule has 1 amide bonds. The van der Waals surface area contributed by atoms with Crippen LogP contribution in [0, 0.1) is 0 Å². The Hall–Kier alpha value is -1.82. The van der Waals surface area contributed by atoms with E-state index in [0.717, 1.165) is 33.3 Å². The van der Waals surface area contributed by atoms with Gasteiger partial charge in [0.2, 0.25) is 5.91 Å². The van der Waals surface area contributed by atoms with Crippen LogP contribution in [0.15, 0.2) is 60.0 Å². The highest BCUT2D eigenvalue weighted by Crippen LogP contribution is 2.25. The van der Waals surface area contributed by atoms with E-state index in [-0.39, 0.29) is 5.91 Å². The molecule has 0 fully saturated rings. The minimum atomic E-state index is 0.0423. The summed E-state index contributed by atoms with van der Waals surface area (Å²) in [6.07, 6.45) is 0.491. The highest BCUT2D eigenvalue weighted by molar-refractivity contribution is 7.98. The van der Waals surface area contributed by atoms with Gasteiger partial charge in [-0.3, -0.25) is 4.79 Å². The van der Waals surface area contributed by atoms with E-state index in [9.17, 15) is 4.79 Å². The van der Waals surface area contributed by atoms with Crippen molar-refractivity contribution in [1.29, 1.82) is 0 Å². The van der Waals surface area contributed by atoms with Gasteiger partial charge in [0.05, 0.1) is 5.69 Å². The third-order valence-electron chi connectivity index (χ3n) is 3.73. The average Bonchev–Trinajstić information content (AvgIpc) is 3.14. The minimum absolute atomic E-state index is 0.0423. The van der Waals surface area contributed by atoms with Crippen molar-refractivity contribution in [3.8, 4) is 10.6 Å². The minimum Gasteiger partial charge on any atom is -0.352 e. The molecular formula is C20H19ClN2OS2. The van der Waals surface area contributed by atoms with Crippen molar-refractivity contribution in [2.45, 2.75) is 18.7 Å². The van der Waals surface area contributed by atoms with E-state index in [1.165, 1.54) is 0 Å². The van der Waals surface area contributed by atoms with E-state index in [1.54, 1.807) is 23.1 Å². The topological polar surface area (TPSA) is 42.0 Å². The summed E-state index contributed by atoms with van der Waals surface area (Å²) in [7, 11) is 0. The number of hydrogen-bond acceptors (Lipinski definition) is 4. The van der Waals surface area contributed by atoms with E-state index in [0.29, 0.717) is 18.0 Å². The molecule has 6 heteroatoms. The molecule has 0 atom stereocenters. The van der Waals surface area contributed by atoms with Crippen LogP contribution in [0.25, 0.3) is 10.6 Å². The summed E-state index contributed by atoms with van der Waals surface area (Å²) in [6, 6.07) is 17.7. The summed E-state index contributed by atoms with van der Waals surface area (Å²) in [4.78, 5) is 16.6. The normalized spacial score (nSPS) is 10.7. The van der Waals surface area contributed by atoms with E-state index < -0.39 is 0 Å². The van der Waals surface area contributed by atoms with Crippen LogP contribution in [0.3, 0.4) is 0 Å². The highest BCUT2D eigenvalue weighted by Gasteiger charge is 2.06. The molecule has 0 aliphatic heterocycles. The molecule has 0 radical (unpaired) electrons. The van der Waals surface area contributed by atoms with Gasteiger partial charge in [0.15, 0.2) is 0 Å². The standard InChI is InChI=1S/C20H19ClN2OS2/c21-18-9-5-4-8-16(18)12-22-19(24)10-11-25-13-17-14-26-20(23-17)15-6-2-1-3-7-15/h1-9,14H,10-13H2,(H,22,24). The maximum absolute atomic E-state index is 11.9. The van der Waals surface area contributed by atoms with Gasteiger partial charge in [-0.15, -0.1) is 11.3 Å². The van der Waals surface area contributed by atoms with Gasteiger partial charge in [-0.25, -0.2) is 4.98 Å². The van der Waals surface area contributed by atoms with Crippen LogP contribution in [0.1, 0.15) is 17.7 Å². The summed E-state index contributed by atoms with van der Waals surface area (Å²) in [6.45, 7) is 0.468. The lowest BCUT2D eigenvalue weighted by Gasteiger charge is -2.06. The van der Waals surface area contributed by atoms with Gasteiger partial charge in [0.25, 0.3) is 0 Å². The average molecular weight is 403 g/mol. The maximum Gasteiger partial charge on any atom is 0.221 e. The maximum atomic E-state index is 11.9. The second-order valence-corrected chi connectivity index (χ2v) is 8.05. The third-order valence-corrected chi connectivity index (χ3v) is 6.03. The Labute approximate surface area is 166 Å². The number of nitrogens with one attached hydrogen (secondary N) is 1. The van der Waals surface area contributed by atoms with Crippen LogP contribution in [-0.4, -0.2) is 16.6 Å². The number of carbonyl (C=O) groups is 1. The van der Waals surface area contributed by atoms with Crippen molar-refractivity contribution in [2.24, 2.45) is 0 Å². The van der Waals surface area contributed by atoms with Crippen molar-refractivity contribution in [3.05, 3.63) is 76.3 Å². The molecule has 0 saturated heterocycles. The van der Waals surface area contributed by atoms with E-state index >= 15 is 0 Å². The third kappa shape index (κ3) is 5.59. The number of hydrogen-bond donors (Lipinski definition) is 1. The van der Waals surface area contributed by atoms with Gasteiger partial charge in [0.1, 0.15) is 5.01 Å². The molecule has 0 aliphatic carbocycles. The summed E-state index contributed by atoms with van der Waals surface area (Å²) in [5.41, 5.74) is 3.15. The zero-order chi connectivity index (χ0) is 18.2. The van der Waals surface area contributed by atoms with E-state index in [4.69, 9.17) is 11.6 Å². The first-order chi connectivity index (χ1) is 12.7. The van der Waals surface area contributed by atoms with Crippen LogP contribution in [0.2, 0.25) is 5.02 Å². The number of benzene rings is 2. The number of halogens is 1. The predicted octanol–water partition coefficient (Wildman–Crippen LogP) is 5.40. The van der Waals surface area contributed by atoms with E-state index in [1.807, 2.05) is 42.5 Å². The Morgan fingerprint density at radius 1 is 1.12 bits per heavy atom. The first kappa shape index (κ1) is 19.0. The molecule has 3 nitrogen and oxygen atoms in total. The Balaban J connectivity index is 1.37. The van der Waals surface area contributed by atoms with Gasteiger partial charge < -0.3 is 5.32 Å². The summed E-state index contributed by atoms with van der Waals surface area (Å²) in [5.74, 6) is 1.63. The Kier molecular flexibility index (Phi) is 7.12. The largest absolute Gasteiger partial charge is 0.352 e. The fraction of sp³-hybridized carbons (Fsp3) is 0.200. The van der Waals surface area contributed by atoms with E-state index in [2.05, 4.69) is 27.8 Å². The summed E-state index contributed by atoms with van der Waals surface area (Å²) >= 11 is 9.47. The van der Waals surface area contributed by atoms with Gasteiger partial charge in [-0.1, -0.05) is 60.1 Å². The molecule has 1 aromatic heterocycles. The number of nitrogens with zero attached hydrogens (tertiary/aromatic N) is 1. The number of rotatable bonds is 8. The number of amides is 1. The monoisotopic (exact) mass is 402 g/mol. The highest BCUT2D eigenvalue weighted by atomic mass is 35.5. The molecule has 2 aromatic carbocycles. The quantitative estimate of drug-likeness (QED) is 0.512. The molecule has 1 N–H and O–H groups in total. The smallest absolute Gasteiger partial charge is 0.221 e. The van der Waals surface area contributed by atoms with Gasteiger partial charge >= 0.3 is 0 Å². The predicted molar refractivity (Wildman–Crippen MR) is 112 cm³/mol. The molecule has 3 rings (SSSR count). The lowest BCUT2D eigenvalue weighted by atomic mass is 10.2.